The minimum absolute atomic E-state index is 1.15. The number of carboxylic acids is 1. The van der Waals surface area contributed by atoms with E-state index in [1.54, 1.807) is 0 Å². The first-order valence-corrected chi connectivity index (χ1v) is 15.0. The first-order valence-electron chi connectivity index (χ1n) is 9.58. The Labute approximate surface area is 218 Å². The molecule has 2 aliphatic rings. The van der Waals surface area contributed by atoms with Crippen molar-refractivity contribution in [1.82, 2.24) is 0 Å². The molecule has 0 aliphatic carbocycles. The number of rotatable bonds is 13. The van der Waals surface area contributed by atoms with E-state index in [2.05, 4.69) is 16.7 Å². The molecule has 2 heterocycles. The van der Waals surface area contributed by atoms with Gasteiger partial charge in [0.25, 0.3) is 0 Å². The van der Waals surface area contributed by atoms with E-state index in [1.165, 1.54) is 0 Å². The van der Waals surface area contributed by atoms with Crippen LogP contribution in [0, 0.1) is 0 Å². The number of aliphatic hydroxyl groups is 2. The molecule has 39 heavy (non-hydrogen) atoms. The molecule has 7 N–H and O–H groups in total. The lowest BCUT2D eigenvalue weighted by molar-refractivity contribution is -0.302. The lowest BCUT2D eigenvalue weighted by atomic mass is 9.98. The zero-order valence-electron chi connectivity index (χ0n) is 18.4. The summed E-state index contributed by atoms with van der Waals surface area (Å²) >= 11 is 0. The van der Waals surface area contributed by atoms with E-state index in [1.807, 2.05) is 0 Å². The molecule has 23 nitrogen and oxygen atoms in total. The minimum Gasteiger partial charge on any atom is -0.479 e. The van der Waals surface area contributed by atoms with Crippen molar-refractivity contribution in [3.8, 4) is 0 Å². The fourth-order valence-electron chi connectivity index (χ4n) is 3.44. The molecule has 0 amide bonds. The summed E-state index contributed by atoms with van der Waals surface area (Å²) in [5.74, 6) is -2.14. The van der Waals surface area contributed by atoms with E-state index in [0.717, 1.165) is 0 Å². The average Bonchev–Trinajstić information content (AvgIpc) is 3.03. The summed E-state index contributed by atoms with van der Waals surface area (Å²) in [6.45, 7) is -2.43. The van der Waals surface area contributed by atoms with Crippen molar-refractivity contribution in [2.45, 2.75) is 55.1 Å². The van der Waals surface area contributed by atoms with Crippen LogP contribution < -0.4 is 0 Å². The van der Waals surface area contributed by atoms with E-state index < -0.39 is 116 Å². The van der Waals surface area contributed by atoms with Crippen LogP contribution in [0.2, 0.25) is 0 Å². The molecule has 9 atom stereocenters. The molecule has 0 saturated carbocycles. The molecule has 2 rings (SSSR count). The molecule has 9 unspecified atom stereocenters. The fourth-order valence-corrected chi connectivity index (χ4v) is 5.24. The first kappa shape index (κ1) is 34.0. The molecule has 0 aromatic rings. The molecule has 2 fully saturated rings. The second-order valence-electron chi connectivity index (χ2n) is 7.43. The van der Waals surface area contributed by atoms with Gasteiger partial charge in [-0.3, -0.25) is 18.2 Å². The maximum Gasteiger partial charge on any atom is 0.397 e. The Balaban J connectivity index is 2.56. The van der Waals surface area contributed by atoms with E-state index in [0.29, 0.717) is 0 Å². The van der Waals surface area contributed by atoms with Crippen LogP contribution in [0.4, 0.5) is 0 Å². The van der Waals surface area contributed by atoms with Crippen molar-refractivity contribution < 1.29 is 103 Å². The standard InChI is InChI=1S/C12H20O23S4/c13-1-3-7(33-37(20,21)22)6(4(30-3)2-29-36(17,18)19)31-12-9(35-39(26,27)28)5(14)8(34-38(23,24)25)10(32-12)11(15)16/h3-10,12-14H,1-2H2,(H,15,16)(H,17,18,19)(H,20,21,22)(H,23,24,25)(H,26,27,28). The number of carbonyl (C=O) groups is 1. The maximum atomic E-state index is 11.6. The van der Waals surface area contributed by atoms with Crippen LogP contribution >= 0.6 is 0 Å². The highest BCUT2D eigenvalue weighted by atomic mass is 32.3. The van der Waals surface area contributed by atoms with E-state index in [-0.39, 0.29) is 0 Å². The third-order valence-corrected chi connectivity index (χ3v) is 6.55. The van der Waals surface area contributed by atoms with Crippen molar-refractivity contribution in [3.63, 3.8) is 0 Å². The van der Waals surface area contributed by atoms with Crippen molar-refractivity contribution >= 4 is 47.6 Å². The van der Waals surface area contributed by atoms with Gasteiger partial charge >= 0.3 is 47.6 Å². The molecule has 0 aromatic carbocycles. The van der Waals surface area contributed by atoms with Gasteiger partial charge in [0, 0.05) is 0 Å². The Morgan fingerprint density at radius 2 is 1.18 bits per heavy atom. The molecule has 2 saturated heterocycles. The summed E-state index contributed by atoms with van der Waals surface area (Å²) in [6.07, 6.45) is -21.6. The van der Waals surface area contributed by atoms with Crippen LogP contribution in [0.3, 0.4) is 0 Å². The van der Waals surface area contributed by atoms with E-state index in [9.17, 15) is 53.8 Å². The molecular formula is C12H20O23S4. The van der Waals surface area contributed by atoms with Gasteiger partial charge in [0.1, 0.15) is 36.6 Å². The second-order valence-corrected chi connectivity index (χ2v) is 11.7. The quantitative estimate of drug-likeness (QED) is 0.0906. The van der Waals surface area contributed by atoms with E-state index in [4.69, 9.17) is 32.4 Å². The van der Waals surface area contributed by atoms with Gasteiger partial charge in [-0.1, -0.05) is 0 Å². The second kappa shape index (κ2) is 12.3. The molecule has 0 radical (unpaired) electrons. The van der Waals surface area contributed by atoms with Crippen molar-refractivity contribution in [1.29, 1.82) is 0 Å². The van der Waals surface area contributed by atoms with Crippen molar-refractivity contribution in [3.05, 3.63) is 0 Å². The summed E-state index contributed by atoms with van der Waals surface area (Å²) in [7, 11) is -21.9. The van der Waals surface area contributed by atoms with Gasteiger partial charge in [-0.05, 0) is 0 Å². The number of aliphatic carboxylic acids is 1. The molecule has 0 aromatic heterocycles. The highest BCUT2D eigenvalue weighted by molar-refractivity contribution is 7.81. The molecule has 2 aliphatic heterocycles. The molecular weight excluding hydrogens is 640 g/mol. The van der Waals surface area contributed by atoms with Gasteiger partial charge < -0.3 is 29.5 Å². The number of carboxylic acid groups (broad SMARTS) is 1. The molecule has 0 spiro atoms. The average molecular weight is 661 g/mol. The third-order valence-electron chi connectivity index (χ3n) is 4.72. The number of hydrogen-bond acceptors (Lipinski definition) is 18. The van der Waals surface area contributed by atoms with Gasteiger partial charge in [-0.15, -0.1) is 0 Å². The lowest BCUT2D eigenvalue weighted by Gasteiger charge is -2.42. The minimum atomic E-state index is -5.64. The largest absolute Gasteiger partial charge is 0.479 e. The lowest BCUT2D eigenvalue weighted by Crippen LogP contribution is -2.63. The predicted octanol–water partition coefficient (Wildman–Crippen LogP) is -5.31. The monoisotopic (exact) mass is 660 g/mol. The Kier molecular flexibility index (Phi) is 10.7. The van der Waals surface area contributed by atoms with Crippen LogP contribution in [0.15, 0.2) is 0 Å². The Bertz CT molecular complexity index is 1300. The van der Waals surface area contributed by atoms with Crippen LogP contribution in [0.5, 0.6) is 0 Å². The maximum absolute atomic E-state index is 11.6. The zero-order valence-corrected chi connectivity index (χ0v) is 21.7. The number of hydrogen-bond donors (Lipinski definition) is 7. The number of ether oxygens (including phenoxy) is 3. The Morgan fingerprint density at radius 3 is 1.62 bits per heavy atom. The van der Waals surface area contributed by atoms with Gasteiger partial charge in [0.2, 0.25) is 0 Å². The summed E-state index contributed by atoms with van der Waals surface area (Å²) in [6, 6.07) is 0. The van der Waals surface area contributed by atoms with Crippen LogP contribution in [0.1, 0.15) is 0 Å². The van der Waals surface area contributed by atoms with Crippen molar-refractivity contribution in [2.75, 3.05) is 13.2 Å². The van der Waals surface area contributed by atoms with Crippen molar-refractivity contribution in [2.24, 2.45) is 0 Å². The Hall–Kier alpha value is -1.25. The normalized spacial score (nSPS) is 34.7. The SMILES string of the molecule is O=C(O)C1OC(OC2C(COS(=O)(=O)O)OC(CO)C2OS(=O)(=O)O)C(OS(=O)(=O)O)C(O)C1OS(=O)(=O)O. The first-order chi connectivity index (χ1) is 17.5. The smallest absolute Gasteiger partial charge is 0.397 e. The molecule has 230 valence electrons. The summed E-state index contributed by atoms with van der Waals surface area (Å²) < 4.78 is 157. The van der Waals surface area contributed by atoms with Gasteiger partial charge in [-0.25, -0.2) is 21.5 Å². The van der Waals surface area contributed by atoms with Gasteiger partial charge in [0.05, 0.1) is 13.2 Å². The highest BCUT2D eigenvalue weighted by Crippen LogP contribution is 2.34. The summed E-state index contributed by atoms with van der Waals surface area (Å²) in [5, 5.41) is 29.3. The summed E-state index contributed by atoms with van der Waals surface area (Å²) in [4.78, 5) is 11.6. The topological polar surface area (TPSA) is 360 Å². The summed E-state index contributed by atoms with van der Waals surface area (Å²) in [5.41, 5.74) is 0. The van der Waals surface area contributed by atoms with Crippen LogP contribution in [-0.4, -0.2) is 142 Å². The molecule has 0 bridgehead atoms. The third kappa shape index (κ3) is 10.3. The zero-order chi connectivity index (χ0) is 30.1. The van der Waals surface area contributed by atoms with E-state index >= 15 is 0 Å². The van der Waals surface area contributed by atoms with Gasteiger partial charge in [-0.2, -0.15) is 33.7 Å². The van der Waals surface area contributed by atoms with Gasteiger partial charge in [0.15, 0.2) is 18.5 Å². The number of aliphatic hydroxyl groups excluding tert-OH is 2. The predicted molar refractivity (Wildman–Crippen MR) is 110 cm³/mol. The van der Waals surface area contributed by atoms with Crippen LogP contribution in [-0.2, 0) is 77.3 Å². The fraction of sp³-hybridized carbons (Fsp3) is 0.917. The Morgan fingerprint density at radius 1 is 0.692 bits per heavy atom. The molecule has 27 heteroatoms. The van der Waals surface area contributed by atoms with Crippen LogP contribution in [0.25, 0.3) is 0 Å². The highest BCUT2D eigenvalue weighted by Gasteiger charge is 2.57.